The lowest BCUT2D eigenvalue weighted by Crippen LogP contribution is -2.21. The molecule has 1 rings (SSSR count). The maximum absolute atomic E-state index is 9.50. The van der Waals surface area contributed by atoms with Crippen LogP contribution in [0, 0.1) is 6.92 Å². The Balaban J connectivity index is 2.95. The zero-order valence-corrected chi connectivity index (χ0v) is 10.1. The molecule has 0 aliphatic heterocycles. The molecule has 0 saturated heterocycles. The zero-order chi connectivity index (χ0) is 10.7. The van der Waals surface area contributed by atoms with Crippen LogP contribution in [0.15, 0.2) is 0 Å². The first-order valence-corrected chi connectivity index (χ1v) is 5.82. The van der Waals surface area contributed by atoms with Gasteiger partial charge in [-0.15, -0.1) is 0 Å². The molecule has 80 valence electrons. The van der Waals surface area contributed by atoms with Crippen LogP contribution in [0.5, 0.6) is 0 Å². The van der Waals surface area contributed by atoms with Crippen molar-refractivity contribution in [2.45, 2.75) is 33.8 Å². The Labute approximate surface area is 89.4 Å². The fraction of sp³-hybridized carbons (Fsp3) is 0.700. The van der Waals surface area contributed by atoms with Crippen molar-refractivity contribution in [1.29, 1.82) is 0 Å². The van der Waals surface area contributed by atoms with Crippen molar-refractivity contribution in [3.05, 3.63) is 10.6 Å². The lowest BCUT2D eigenvalue weighted by atomic mass is 10.3. The molecular weight excluding hydrogens is 196 g/mol. The molecule has 1 aromatic heterocycles. The third-order valence-corrected chi connectivity index (χ3v) is 3.62. The van der Waals surface area contributed by atoms with E-state index in [0.29, 0.717) is 0 Å². The van der Waals surface area contributed by atoms with E-state index in [4.69, 9.17) is 0 Å². The van der Waals surface area contributed by atoms with Gasteiger partial charge in [0.2, 0.25) is 0 Å². The maximum Gasteiger partial charge on any atom is 0.185 e. The van der Waals surface area contributed by atoms with Gasteiger partial charge in [0.1, 0.15) is 0 Å². The number of thiazole rings is 1. The van der Waals surface area contributed by atoms with E-state index in [0.717, 1.165) is 28.8 Å². The second kappa shape index (κ2) is 4.75. The van der Waals surface area contributed by atoms with Gasteiger partial charge >= 0.3 is 0 Å². The lowest BCUT2D eigenvalue weighted by Gasteiger charge is -2.16. The van der Waals surface area contributed by atoms with E-state index >= 15 is 0 Å². The van der Waals surface area contributed by atoms with Crippen molar-refractivity contribution in [2.75, 3.05) is 18.0 Å². The molecule has 0 aromatic carbocycles. The first kappa shape index (κ1) is 11.5. The van der Waals surface area contributed by atoms with Crippen molar-refractivity contribution in [3.8, 4) is 0 Å². The number of aliphatic hydroxyl groups excluding tert-OH is 1. The van der Waals surface area contributed by atoms with E-state index in [1.165, 1.54) is 0 Å². The third kappa shape index (κ3) is 2.25. The Morgan fingerprint density at radius 3 is 2.36 bits per heavy atom. The van der Waals surface area contributed by atoms with Crippen molar-refractivity contribution in [3.63, 3.8) is 0 Å². The van der Waals surface area contributed by atoms with Crippen LogP contribution in [0.4, 0.5) is 5.13 Å². The Morgan fingerprint density at radius 1 is 1.43 bits per heavy atom. The summed E-state index contributed by atoms with van der Waals surface area (Å²) in [4.78, 5) is 7.63. The minimum Gasteiger partial charge on any atom is -0.388 e. The molecule has 0 fully saturated rings. The number of nitrogens with zero attached hydrogens (tertiary/aromatic N) is 2. The molecule has 0 saturated carbocycles. The molecule has 1 N–H and O–H groups in total. The van der Waals surface area contributed by atoms with Gasteiger partial charge in [-0.2, -0.15) is 0 Å². The molecule has 1 atom stereocenters. The Kier molecular flexibility index (Phi) is 3.89. The highest BCUT2D eigenvalue weighted by molar-refractivity contribution is 7.15. The molecule has 3 nitrogen and oxygen atoms in total. The van der Waals surface area contributed by atoms with Gasteiger partial charge in [0, 0.05) is 13.1 Å². The van der Waals surface area contributed by atoms with Crippen molar-refractivity contribution in [1.82, 2.24) is 4.98 Å². The second-order valence-corrected chi connectivity index (χ2v) is 4.30. The van der Waals surface area contributed by atoms with Crippen LogP contribution in [-0.4, -0.2) is 23.2 Å². The quantitative estimate of drug-likeness (QED) is 0.836. The SMILES string of the molecule is CCN(CC)c1nc(C)c(C(C)O)s1. The fourth-order valence-corrected chi connectivity index (χ4v) is 2.54. The van der Waals surface area contributed by atoms with Crippen LogP contribution < -0.4 is 4.90 Å². The summed E-state index contributed by atoms with van der Waals surface area (Å²) in [5.41, 5.74) is 0.951. The molecule has 14 heavy (non-hydrogen) atoms. The number of hydrogen-bond acceptors (Lipinski definition) is 4. The topological polar surface area (TPSA) is 36.4 Å². The van der Waals surface area contributed by atoms with E-state index in [1.807, 2.05) is 6.92 Å². The molecule has 1 unspecified atom stereocenters. The van der Waals surface area contributed by atoms with Gasteiger partial charge in [0.25, 0.3) is 0 Å². The Bertz CT molecular complexity index is 292. The van der Waals surface area contributed by atoms with E-state index in [9.17, 15) is 5.11 Å². The first-order valence-electron chi connectivity index (χ1n) is 5.00. The fourth-order valence-electron chi connectivity index (χ4n) is 1.41. The first-order chi connectivity index (χ1) is 6.60. The summed E-state index contributed by atoms with van der Waals surface area (Å²) in [6.07, 6.45) is -0.406. The van der Waals surface area contributed by atoms with Crippen LogP contribution >= 0.6 is 11.3 Å². The minimum absolute atomic E-state index is 0.406. The zero-order valence-electron chi connectivity index (χ0n) is 9.24. The number of anilines is 1. The maximum atomic E-state index is 9.50. The third-order valence-electron chi connectivity index (χ3n) is 2.23. The van der Waals surface area contributed by atoms with Gasteiger partial charge in [-0.1, -0.05) is 11.3 Å². The summed E-state index contributed by atoms with van der Waals surface area (Å²) in [6, 6.07) is 0. The molecular formula is C10H18N2OS. The Morgan fingerprint density at radius 2 is 2.00 bits per heavy atom. The average Bonchev–Trinajstić information content (AvgIpc) is 2.50. The van der Waals surface area contributed by atoms with Gasteiger partial charge in [-0.05, 0) is 27.7 Å². The molecule has 0 aliphatic rings. The smallest absolute Gasteiger partial charge is 0.185 e. The number of rotatable bonds is 4. The predicted octanol–water partition coefficient (Wildman–Crippen LogP) is 2.35. The van der Waals surface area contributed by atoms with Crippen LogP contribution in [0.2, 0.25) is 0 Å². The molecule has 1 heterocycles. The van der Waals surface area contributed by atoms with Crippen molar-refractivity contribution in [2.24, 2.45) is 0 Å². The number of aryl methyl sites for hydroxylation is 1. The predicted molar refractivity (Wildman–Crippen MR) is 61.0 cm³/mol. The molecule has 4 heteroatoms. The highest BCUT2D eigenvalue weighted by atomic mass is 32.1. The highest BCUT2D eigenvalue weighted by Crippen LogP contribution is 2.30. The van der Waals surface area contributed by atoms with E-state index in [2.05, 4.69) is 23.7 Å². The van der Waals surface area contributed by atoms with E-state index in [-0.39, 0.29) is 0 Å². The summed E-state index contributed by atoms with van der Waals surface area (Å²) >= 11 is 1.59. The van der Waals surface area contributed by atoms with Gasteiger partial charge in [0.15, 0.2) is 5.13 Å². The highest BCUT2D eigenvalue weighted by Gasteiger charge is 2.14. The minimum atomic E-state index is -0.406. The summed E-state index contributed by atoms with van der Waals surface area (Å²) in [7, 11) is 0. The van der Waals surface area contributed by atoms with Gasteiger partial charge in [-0.3, -0.25) is 0 Å². The second-order valence-electron chi connectivity index (χ2n) is 3.29. The standard InChI is InChI=1S/C10H18N2OS/c1-5-12(6-2)10-11-7(3)9(14-10)8(4)13/h8,13H,5-6H2,1-4H3. The van der Waals surface area contributed by atoms with Crippen LogP contribution in [0.1, 0.15) is 37.4 Å². The summed E-state index contributed by atoms with van der Waals surface area (Å²) in [5.74, 6) is 0. The van der Waals surface area contributed by atoms with Crippen LogP contribution in [0.3, 0.4) is 0 Å². The average molecular weight is 214 g/mol. The monoisotopic (exact) mass is 214 g/mol. The molecule has 0 bridgehead atoms. The van der Waals surface area contributed by atoms with Crippen LogP contribution in [0.25, 0.3) is 0 Å². The molecule has 0 amide bonds. The van der Waals surface area contributed by atoms with Crippen molar-refractivity contribution >= 4 is 16.5 Å². The normalized spacial score (nSPS) is 12.9. The molecule has 0 radical (unpaired) electrons. The van der Waals surface area contributed by atoms with Gasteiger partial charge in [-0.25, -0.2) is 4.98 Å². The lowest BCUT2D eigenvalue weighted by molar-refractivity contribution is 0.202. The number of hydrogen-bond donors (Lipinski definition) is 1. The number of aliphatic hydroxyl groups is 1. The molecule has 0 aliphatic carbocycles. The summed E-state index contributed by atoms with van der Waals surface area (Å²) in [6.45, 7) is 9.88. The summed E-state index contributed by atoms with van der Waals surface area (Å²) < 4.78 is 0. The van der Waals surface area contributed by atoms with Crippen LogP contribution in [-0.2, 0) is 0 Å². The number of aromatic nitrogens is 1. The van der Waals surface area contributed by atoms with Gasteiger partial charge < -0.3 is 10.0 Å². The molecule has 1 aromatic rings. The van der Waals surface area contributed by atoms with Crippen molar-refractivity contribution < 1.29 is 5.11 Å². The van der Waals surface area contributed by atoms with E-state index < -0.39 is 6.10 Å². The molecule has 0 spiro atoms. The van der Waals surface area contributed by atoms with Gasteiger partial charge in [0.05, 0.1) is 16.7 Å². The largest absolute Gasteiger partial charge is 0.388 e. The Hall–Kier alpha value is -0.610. The summed E-state index contributed by atoms with van der Waals surface area (Å²) in [5, 5.41) is 10.5. The van der Waals surface area contributed by atoms with E-state index in [1.54, 1.807) is 18.3 Å².